The number of thiophene rings is 1. The van der Waals surface area contributed by atoms with Crippen molar-refractivity contribution in [3.63, 3.8) is 0 Å². The molecule has 4 aromatic rings. The quantitative estimate of drug-likeness (QED) is 0.416. The molecule has 0 spiro atoms. The van der Waals surface area contributed by atoms with Crippen LogP contribution in [-0.2, 0) is 4.79 Å². The average Bonchev–Trinajstić information content (AvgIpc) is 3.05. The van der Waals surface area contributed by atoms with E-state index < -0.39 is 0 Å². The lowest BCUT2D eigenvalue weighted by Gasteiger charge is -2.11. The molecule has 0 fully saturated rings. The molecule has 4 rings (SSSR count). The van der Waals surface area contributed by atoms with Gasteiger partial charge in [-0.15, -0.1) is 11.3 Å². The van der Waals surface area contributed by atoms with Gasteiger partial charge in [0.25, 0.3) is 0 Å². The maximum atomic E-state index is 11.4. The number of fused-ring (bicyclic) bond motifs is 1. The highest BCUT2D eigenvalue weighted by atomic mass is 32.1. The van der Waals surface area contributed by atoms with Crippen molar-refractivity contribution in [3.05, 3.63) is 59.7 Å². The summed E-state index contributed by atoms with van der Waals surface area (Å²) in [5.41, 5.74) is 3.76. The SMILES string of the molecule is CCOc1ccc(-c2c(C)sc3ncnc(Nc4cccc(NC(C)=O)c4)c23)cc1. The van der Waals surface area contributed by atoms with Gasteiger partial charge in [0.1, 0.15) is 22.7 Å². The van der Waals surface area contributed by atoms with Gasteiger partial charge in [-0.05, 0) is 49.7 Å². The molecule has 7 heteroatoms. The zero-order valence-corrected chi connectivity index (χ0v) is 17.8. The zero-order valence-electron chi connectivity index (χ0n) is 17.0. The topological polar surface area (TPSA) is 76.1 Å². The molecule has 2 heterocycles. The van der Waals surface area contributed by atoms with Gasteiger partial charge in [0.15, 0.2) is 0 Å². The van der Waals surface area contributed by atoms with Crippen molar-refractivity contribution < 1.29 is 9.53 Å². The predicted octanol–water partition coefficient (Wildman–Crippen LogP) is 5.77. The monoisotopic (exact) mass is 418 g/mol. The number of ether oxygens (including phenoxy) is 1. The first-order valence-electron chi connectivity index (χ1n) is 9.67. The molecule has 2 aromatic carbocycles. The van der Waals surface area contributed by atoms with Crippen molar-refractivity contribution in [1.29, 1.82) is 0 Å². The second-order valence-corrected chi connectivity index (χ2v) is 7.98. The van der Waals surface area contributed by atoms with E-state index in [-0.39, 0.29) is 5.91 Å². The Morgan fingerprint density at radius 1 is 1.10 bits per heavy atom. The smallest absolute Gasteiger partial charge is 0.221 e. The molecule has 30 heavy (non-hydrogen) atoms. The van der Waals surface area contributed by atoms with Gasteiger partial charge in [-0.3, -0.25) is 4.79 Å². The van der Waals surface area contributed by atoms with Crippen molar-refractivity contribution in [2.75, 3.05) is 17.2 Å². The second-order valence-electron chi connectivity index (χ2n) is 6.78. The van der Waals surface area contributed by atoms with Crippen LogP contribution in [0.3, 0.4) is 0 Å². The highest BCUT2D eigenvalue weighted by Gasteiger charge is 2.17. The van der Waals surface area contributed by atoms with Crippen LogP contribution in [0, 0.1) is 6.92 Å². The van der Waals surface area contributed by atoms with Crippen LogP contribution in [0.15, 0.2) is 54.9 Å². The Morgan fingerprint density at radius 3 is 2.60 bits per heavy atom. The Hall–Kier alpha value is -3.45. The van der Waals surface area contributed by atoms with Crippen LogP contribution >= 0.6 is 11.3 Å². The van der Waals surface area contributed by atoms with Crippen LogP contribution in [0.4, 0.5) is 17.2 Å². The van der Waals surface area contributed by atoms with Gasteiger partial charge in [-0.1, -0.05) is 18.2 Å². The minimum Gasteiger partial charge on any atom is -0.494 e. The average molecular weight is 419 g/mol. The van der Waals surface area contributed by atoms with E-state index in [9.17, 15) is 4.79 Å². The molecule has 0 atom stereocenters. The molecule has 1 amide bonds. The molecular weight excluding hydrogens is 396 g/mol. The summed E-state index contributed by atoms with van der Waals surface area (Å²) in [6.07, 6.45) is 1.57. The van der Waals surface area contributed by atoms with Crippen LogP contribution in [0.5, 0.6) is 5.75 Å². The van der Waals surface area contributed by atoms with Crippen molar-refractivity contribution in [3.8, 4) is 16.9 Å². The second kappa shape index (κ2) is 8.51. The fourth-order valence-electron chi connectivity index (χ4n) is 3.39. The molecule has 0 radical (unpaired) electrons. The standard InChI is InChI=1S/C23H22N4O2S/c1-4-29-19-10-8-16(9-11-19)20-14(2)30-23-21(20)22(24-13-25-23)27-18-7-5-6-17(12-18)26-15(3)28/h5-13H,4H2,1-3H3,(H,26,28)(H,24,25,27). The number of rotatable bonds is 6. The van der Waals surface area contributed by atoms with Crippen LogP contribution in [0.2, 0.25) is 0 Å². The first-order valence-corrected chi connectivity index (χ1v) is 10.5. The van der Waals surface area contributed by atoms with Gasteiger partial charge in [-0.2, -0.15) is 0 Å². The summed E-state index contributed by atoms with van der Waals surface area (Å²) in [5, 5.41) is 7.18. The Labute approximate surface area is 179 Å². The van der Waals surface area contributed by atoms with E-state index in [0.29, 0.717) is 6.61 Å². The lowest BCUT2D eigenvalue weighted by Crippen LogP contribution is -2.05. The van der Waals surface area contributed by atoms with Gasteiger partial charge < -0.3 is 15.4 Å². The summed E-state index contributed by atoms with van der Waals surface area (Å²) in [6.45, 7) is 6.20. The maximum absolute atomic E-state index is 11.4. The molecule has 152 valence electrons. The highest BCUT2D eigenvalue weighted by molar-refractivity contribution is 7.19. The number of carbonyl (C=O) groups is 1. The van der Waals surface area contributed by atoms with Crippen molar-refractivity contribution >= 4 is 44.7 Å². The third kappa shape index (κ3) is 4.11. The third-order valence-electron chi connectivity index (χ3n) is 4.56. The first kappa shape index (κ1) is 19.8. The van der Waals surface area contributed by atoms with E-state index in [4.69, 9.17) is 4.74 Å². The predicted molar refractivity (Wildman–Crippen MR) is 123 cm³/mol. The maximum Gasteiger partial charge on any atom is 0.221 e. The minimum atomic E-state index is -0.108. The molecule has 6 nitrogen and oxygen atoms in total. The number of benzene rings is 2. The molecule has 0 aliphatic rings. The molecule has 0 unspecified atom stereocenters. The number of carbonyl (C=O) groups excluding carboxylic acids is 1. The summed E-state index contributed by atoms with van der Waals surface area (Å²) >= 11 is 1.64. The van der Waals surface area contributed by atoms with Crippen LogP contribution in [0.25, 0.3) is 21.3 Å². The summed E-state index contributed by atoms with van der Waals surface area (Å²) in [4.78, 5) is 22.5. The Balaban J connectivity index is 1.76. The van der Waals surface area contributed by atoms with E-state index >= 15 is 0 Å². The molecule has 2 aromatic heterocycles. The van der Waals surface area contributed by atoms with E-state index in [1.54, 1.807) is 17.7 Å². The van der Waals surface area contributed by atoms with Gasteiger partial charge >= 0.3 is 0 Å². The molecule has 0 aliphatic carbocycles. The number of amides is 1. The van der Waals surface area contributed by atoms with Gasteiger partial charge in [0.2, 0.25) is 5.91 Å². The summed E-state index contributed by atoms with van der Waals surface area (Å²) in [7, 11) is 0. The van der Waals surface area contributed by atoms with Crippen molar-refractivity contribution in [2.45, 2.75) is 20.8 Å². The number of nitrogens with zero attached hydrogens (tertiary/aromatic N) is 2. The lowest BCUT2D eigenvalue weighted by atomic mass is 10.0. The Bertz CT molecular complexity index is 1200. The molecule has 0 bridgehead atoms. The van der Waals surface area contributed by atoms with E-state index in [0.717, 1.165) is 44.3 Å². The van der Waals surface area contributed by atoms with Crippen LogP contribution in [0.1, 0.15) is 18.7 Å². The van der Waals surface area contributed by atoms with Crippen LogP contribution < -0.4 is 15.4 Å². The molecule has 0 saturated carbocycles. The van der Waals surface area contributed by atoms with E-state index in [2.05, 4.69) is 39.7 Å². The number of anilines is 3. The Kier molecular flexibility index (Phi) is 5.63. The van der Waals surface area contributed by atoms with Crippen LogP contribution in [-0.4, -0.2) is 22.5 Å². The van der Waals surface area contributed by atoms with E-state index in [1.165, 1.54) is 11.8 Å². The summed E-state index contributed by atoms with van der Waals surface area (Å²) < 4.78 is 5.57. The molecule has 2 N–H and O–H groups in total. The van der Waals surface area contributed by atoms with Gasteiger partial charge in [-0.25, -0.2) is 9.97 Å². The zero-order chi connectivity index (χ0) is 21.1. The number of aryl methyl sites for hydroxylation is 1. The highest BCUT2D eigenvalue weighted by Crippen LogP contribution is 2.41. The number of nitrogens with one attached hydrogen (secondary N) is 2. The largest absolute Gasteiger partial charge is 0.494 e. The molecule has 0 aliphatic heterocycles. The molecular formula is C23H22N4O2S. The van der Waals surface area contributed by atoms with Gasteiger partial charge in [0, 0.05) is 28.7 Å². The number of hydrogen-bond acceptors (Lipinski definition) is 6. The van der Waals surface area contributed by atoms with Crippen molar-refractivity contribution in [1.82, 2.24) is 9.97 Å². The number of aromatic nitrogens is 2. The third-order valence-corrected chi connectivity index (χ3v) is 5.58. The minimum absolute atomic E-state index is 0.108. The first-order chi connectivity index (χ1) is 14.5. The fourth-order valence-corrected chi connectivity index (χ4v) is 4.40. The summed E-state index contributed by atoms with van der Waals surface area (Å²) in [5.74, 6) is 1.47. The molecule has 0 saturated heterocycles. The summed E-state index contributed by atoms with van der Waals surface area (Å²) in [6, 6.07) is 15.6. The number of hydrogen-bond donors (Lipinski definition) is 2. The fraction of sp³-hybridized carbons (Fsp3) is 0.174. The van der Waals surface area contributed by atoms with Crippen molar-refractivity contribution in [2.24, 2.45) is 0 Å². The van der Waals surface area contributed by atoms with Gasteiger partial charge in [0.05, 0.1) is 12.0 Å². The Morgan fingerprint density at radius 2 is 1.87 bits per heavy atom. The normalized spacial score (nSPS) is 10.8. The van der Waals surface area contributed by atoms with E-state index in [1.807, 2.05) is 43.3 Å². The lowest BCUT2D eigenvalue weighted by molar-refractivity contribution is -0.114.